The highest BCUT2D eigenvalue weighted by Gasteiger charge is 2.12. The molecule has 1 atom stereocenters. The van der Waals surface area contributed by atoms with Crippen molar-refractivity contribution in [3.05, 3.63) is 42.9 Å². The van der Waals surface area contributed by atoms with Gasteiger partial charge in [-0.15, -0.1) is 0 Å². The topological polar surface area (TPSA) is 56.5 Å². The molecule has 20 heavy (non-hydrogen) atoms. The molecule has 1 unspecified atom stereocenters. The van der Waals surface area contributed by atoms with Crippen molar-refractivity contribution in [3.8, 4) is 17.0 Å². The first-order chi connectivity index (χ1) is 9.69. The van der Waals surface area contributed by atoms with Crippen LogP contribution in [0.5, 0.6) is 5.75 Å². The van der Waals surface area contributed by atoms with Gasteiger partial charge in [0, 0.05) is 46.1 Å². The van der Waals surface area contributed by atoms with Gasteiger partial charge in [0.1, 0.15) is 5.75 Å². The van der Waals surface area contributed by atoms with Crippen molar-refractivity contribution in [2.45, 2.75) is 4.90 Å². The third-order valence-corrected chi connectivity index (χ3v) is 3.93. The van der Waals surface area contributed by atoms with E-state index in [0.29, 0.717) is 11.5 Å². The number of benzene rings is 1. The van der Waals surface area contributed by atoms with Gasteiger partial charge in [-0.2, -0.15) is 0 Å². The highest BCUT2D eigenvalue weighted by atomic mass is 32.2. The zero-order valence-corrected chi connectivity index (χ0v) is 11.9. The molecule has 0 saturated carbocycles. The maximum absolute atomic E-state index is 11.5. The van der Waals surface area contributed by atoms with Gasteiger partial charge in [-0.3, -0.25) is 8.61 Å². The number of fused-ring (bicyclic) bond motifs is 1. The molecule has 6 heteroatoms. The fraction of sp³-hybridized carbons (Fsp3) is 0.143. The molecule has 0 fully saturated rings. The molecule has 0 saturated heterocycles. The van der Waals surface area contributed by atoms with Crippen molar-refractivity contribution in [2.75, 3.05) is 13.4 Å². The summed E-state index contributed by atoms with van der Waals surface area (Å²) in [5.74, 6) is 1.29. The molecule has 102 valence electrons. The lowest BCUT2D eigenvalue weighted by Crippen LogP contribution is -1.92. The van der Waals surface area contributed by atoms with E-state index < -0.39 is 10.8 Å². The summed E-state index contributed by atoms with van der Waals surface area (Å²) >= 11 is 0. The number of imidazole rings is 1. The maximum Gasteiger partial charge on any atom is 0.234 e. The molecule has 0 amide bonds. The van der Waals surface area contributed by atoms with Gasteiger partial charge < -0.3 is 4.74 Å². The van der Waals surface area contributed by atoms with Crippen LogP contribution in [0.15, 0.2) is 47.8 Å². The highest BCUT2D eigenvalue weighted by molar-refractivity contribution is 7.84. The molecule has 0 bridgehead atoms. The van der Waals surface area contributed by atoms with Gasteiger partial charge >= 0.3 is 0 Å². The van der Waals surface area contributed by atoms with Crippen LogP contribution in [0.1, 0.15) is 0 Å². The molecule has 2 heterocycles. The Kier molecular flexibility index (Phi) is 3.23. The van der Waals surface area contributed by atoms with Gasteiger partial charge in [0.05, 0.1) is 12.8 Å². The average molecular weight is 287 g/mol. The maximum atomic E-state index is 11.5. The molecule has 0 N–H and O–H groups in total. The van der Waals surface area contributed by atoms with Crippen LogP contribution in [-0.2, 0) is 10.8 Å². The number of hydrogen-bond acceptors (Lipinski definition) is 4. The highest BCUT2D eigenvalue weighted by Crippen LogP contribution is 2.30. The predicted octanol–water partition coefficient (Wildman–Crippen LogP) is 2.14. The zero-order valence-electron chi connectivity index (χ0n) is 11.1. The van der Waals surface area contributed by atoms with E-state index in [1.54, 1.807) is 25.6 Å². The SMILES string of the molecule is COc1cc(S(C)=O)ccc1-c1cn2cccnc2n1. The largest absolute Gasteiger partial charge is 0.496 e. The number of methoxy groups -OCH3 is 1. The number of aromatic nitrogens is 3. The van der Waals surface area contributed by atoms with Crippen molar-refractivity contribution < 1.29 is 8.95 Å². The van der Waals surface area contributed by atoms with E-state index in [4.69, 9.17) is 4.74 Å². The summed E-state index contributed by atoms with van der Waals surface area (Å²) in [7, 11) is 0.554. The summed E-state index contributed by atoms with van der Waals surface area (Å²) in [4.78, 5) is 9.38. The van der Waals surface area contributed by atoms with E-state index >= 15 is 0 Å². The number of hydrogen-bond donors (Lipinski definition) is 0. The van der Waals surface area contributed by atoms with Crippen LogP contribution in [-0.4, -0.2) is 31.9 Å². The summed E-state index contributed by atoms with van der Waals surface area (Å²) < 4.78 is 18.8. The van der Waals surface area contributed by atoms with E-state index in [-0.39, 0.29) is 0 Å². The second-order valence-corrected chi connectivity index (χ2v) is 5.65. The molecule has 0 aliphatic rings. The Balaban J connectivity index is 2.15. The Morgan fingerprint density at radius 3 is 2.90 bits per heavy atom. The van der Waals surface area contributed by atoms with Crippen molar-refractivity contribution in [1.82, 2.24) is 14.4 Å². The first-order valence-electron chi connectivity index (χ1n) is 6.00. The Bertz CT molecular complexity index is 765. The third kappa shape index (κ3) is 2.18. The van der Waals surface area contributed by atoms with Gasteiger partial charge in [0.25, 0.3) is 0 Å². The lowest BCUT2D eigenvalue weighted by atomic mass is 10.1. The molecule has 3 aromatic rings. The van der Waals surface area contributed by atoms with Gasteiger partial charge in [-0.1, -0.05) is 0 Å². The van der Waals surface area contributed by atoms with Crippen molar-refractivity contribution >= 4 is 16.6 Å². The summed E-state index contributed by atoms with van der Waals surface area (Å²) in [5.41, 5.74) is 1.63. The Morgan fingerprint density at radius 1 is 1.35 bits per heavy atom. The Hall–Kier alpha value is -2.21. The molecule has 3 rings (SSSR count). The van der Waals surface area contributed by atoms with E-state index in [1.165, 1.54) is 0 Å². The van der Waals surface area contributed by atoms with E-state index in [2.05, 4.69) is 9.97 Å². The zero-order chi connectivity index (χ0) is 14.1. The van der Waals surface area contributed by atoms with Crippen molar-refractivity contribution in [2.24, 2.45) is 0 Å². The molecule has 1 aromatic carbocycles. The Morgan fingerprint density at radius 2 is 2.20 bits per heavy atom. The van der Waals surface area contributed by atoms with Gasteiger partial charge in [0.15, 0.2) is 0 Å². The molecule has 0 aliphatic heterocycles. The lowest BCUT2D eigenvalue weighted by molar-refractivity contribution is 0.415. The average Bonchev–Trinajstić information content (AvgIpc) is 2.90. The fourth-order valence-corrected chi connectivity index (χ4v) is 2.55. The lowest BCUT2D eigenvalue weighted by Gasteiger charge is -2.07. The first-order valence-corrected chi connectivity index (χ1v) is 7.56. The van der Waals surface area contributed by atoms with Gasteiger partial charge in [-0.05, 0) is 24.3 Å². The Labute approximate surface area is 118 Å². The first kappa shape index (κ1) is 12.8. The number of ether oxygens (including phenoxy) is 1. The number of rotatable bonds is 3. The minimum Gasteiger partial charge on any atom is -0.496 e. The quantitative estimate of drug-likeness (QED) is 0.740. The van der Waals surface area contributed by atoms with Crippen LogP contribution < -0.4 is 4.74 Å². The minimum atomic E-state index is -1.04. The standard InChI is InChI=1S/C14H13N3O2S/c1-19-13-8-10(20(2)18)4-5-11(13)12-9-17-7-3-6-15-14(17)16-12/h3-9H,1-2H3. The summed E-state index contributed by atoms with van der Waals surface area (Å²) in [6.45, 7) is 0. The molecule has 0 spiro atoms. The van der Waals surface area contributed by atoms with Crippen LogP contribution in [0.25, 0.3) is 17.0 Å². The van der Waals surface area contributed by atoms with Crippen LogP contribution in [0.4, 0.5) is 0 Å². The second-order valence-electron chi connectivity index (χ2n) is 4.27. The monoisotopic (exact) mass is 287 g/mol. The molecular formula is C14H13N3O2S. The third-order valence-electron chi connectivity index (χ3n) is 3.02. The van der Waals surface area contributed by atoms with Crippen LogP contribution >= 0.6 is 0 Å². The summed E-state index contributed by atoms with van der Waals surface area (Å²) in [6, 6.07) is 7.32. The molecule has 5 nitrogen and oxygen atoms in total. The van der Waals surface area contributed by atoms with Crippen LogP contribution in [0.2, 0.25) is 0 Å². The van der Waals surface area contributed by atoms with E-state index in [1.807, 2.05) is 35.0 Å². The van der Waals surface area contributed by atoms with Gasteiger partial charge in [-0.25, -0.2) is 9.97 Å². The van der Waals surface area contributed by atoms with Gasteiger partial charge in [0.2, 0.25) is 5.78 Å². The predicted molar refractivity (Wildman–Crippen MR) is 77.3 cm³/mol. The van der Waals surface area contributed by atoms with Crippen molar-refractivity contribution in [3.63, 3.8) is 0 Å². The van der Waals surface area contributed by atoms with E-state index in [9.17, 15) is 4.21 Å². The summed E-state index contributed by atoms with van der Waals surface area (Å²) in [5, 5.41) is 0. The molecule has 0 aliphatic carbocycles. The van der Waals surface area contributed by atoms with Crippen LogP contribution in [0, 0.1) is 0 Å². The molecular weight excluding hydrogens is 274 g/mol. The minimum absolute atomic E-state index is 0.632. The smallest absolute Gasteiger partial charge is 0.234 e. The number of nitrogens with zero attached hydrogens (tertiary/aromatic N) is 3. The fourth-order valence-electron chi connectivity index (χ4n) is 2.02. The second kappa shape index (κ2) is 5.05. The summed E-state index contributed by atoms with van der Waals surface area (Å²) in [6.07, 6.45) is 7.12. The van der Waals surface area contributed by atoms with Crippen molar-refractivity contribution in [1.29, 1.82) is 0 Å². The molecule has 0 radical (unpaired) electrons. The normalized spacial score (nSPS) is 12.5. The van der Waals surface area contributed by atoms with E-state index in [0.717, 1.165) is 16.2 Å². The molecule has 2 aromatic heterocycles. The van der Waals surface area contributed by atoms with Crippen LogP contribution in [0.3, 0.4) is 0 Å².